The largest absolute Gasteiger partial charge is 0.345 e. The van der Waals surface area contributed by atoms with Gasteiger partial charge in [-0.15, -0.1) is 0 Å². The van der Waals surface area contributed by atoms with E-state index in [-0.39, 0.29) is 30.9 Å². The second-order valence-corrected chi connectivity index (χ2v) is 5.48. The van der Waals surface area contributed by atoms with Gasteiger partial charge >= 0.3 is 6.03 Å². The maximum Gasteiger partial charge on any atom is 0.322 e. The number of hydrogen-bond donors (Lipinski definition) is 2. The molecule has 1 aliphatic rings. The van der Waals surface area contributed by atoms with E-state index < -0.39 is 6.03 Å². The molecule has 0 saturated heterocycles. The molecule has 1 aliphatic heterocycles. The number of carbonyl (C=O) groups excluding carboxylic acids is 2. The fourth-order valence-electron chi connectivity index (χ4n) is 2.47. The minimum Gasteiger partial charge on any atom is -0.345 e. The Balaban J connectivity index is 1.63. The Kier molecular flexibility index (Phi) is 4.37. The molecule has 0 unspecified atom stereocenters. The third kappa shape index (κ3) is 3.48. The van der Waals surface area contributed by atoms with Crippen LogP contribution >= 0.6 is 0 Å². The Morgan fingerprint density at radius 2 is 2.17 bits per heavy atom. The quantitative estimate of drug-likeness (QED) is 0.896. The van der Waals surface area contributed by atoms with Gasteiger partial charge in [-0.05, 0) is 36.8 Å². The van der Waals surface area contributed by atoms with Gasteiger partial charge < -0.3 is 15.5 Å². The second-order valence-electron chi connectivity index (χ2n) is 5.48. The Bertz CT molecular complexity index is 768. The summed E-state index contributed by atoms with van der Waals surface area (Å²) in [6.45, 7) is 1.79. The Morgan fingerprint density at radius 3 is 2.92 bits per heavy atom. The van der Waals surface area contributed by atoms with Crippen LogP contribution in [0.4, 0.5) is 14.9 Å². The van der Waals surface area contributed by atoms with Gasteiger partial charge in [0.2, 0.25) is 5.91 Å². The second kappa shape index (κ2) is 6.61. The van der Waals surface area contributed by atoms with E-state index in [0.29, 0.717) is 17.1 Å². The predicted octanol–water partition coefficient (Wildman–Crippen LogP) is 1.84. The molecule has 2 aromatic rings. The lowest BCUT2D eigenvalue weighted by molar-refractivity contribution is -0.122. The lowest BCUT2D eigenvalue weighted by atomic mass is 10.1. The van der Waals surface area contributed by atoms with E-state index in [0.717, 1.165) is 0 Å². The van der Waals surface area contributed by atoms with Crippen molar-refractivity contribution < 1.29 is 14.0 Å². The van der Waals surface area contributed by atoms with Crippen LogP contribution in [0.5, 0.6) is 0 Å². The number of benzene rings is 1. The van der Waals surface area contributed by atoms with Gasteiger partial charge in [0, 0.05) is 18.1 Å². The van der Waals surface area contributed by atoms with Crippen molar-refractivity contribution in [3.8, 4) is 0 Å². The number of halogens is 1. The molecule has 8 heteroatoms. The van der Waals surface area contributed by atoms with Crippen LogP contribution in [0, 0.1) is 5.82 Å². The number of nitrogens with one attached hydrogen (secondary N) is 2. The standard InChI is InChI=1S/C16H16FN5O2/c1-10(15-18-5-2-6-19-15)20-14(23)9-22-8-11-7-12(17)3-4-13(11)21-16(22)24/h2-7,10H,8-9H2,1H3,(H,20,23)(H,21,24)/t10-/m0/s1. The number of amides is 3. The molecule has 3 amide bonds. The zero-order valence-electron chi connectivity index (χ0n) is 13.0. The van der Waals surface area contributed by atoms with Crippen LogP contribution in [0.1, 0.15) is 24.4 Å². The van der Waals surface area contributed by atoms with E-state index in [4.69, 9.17) is 0 Å². The molecule has 1 aromatic carbocycles. The maximum absolute atomic E-state index is 13.3. The highest BCUT2D eigenvalue weighted by Crippen LogP contribution is 2.23. The lowest BCUT2D eigenvalue weighted by Crippen LogP contribution is -2.45. The minimum atomic E-state index is -0.395. The summed E-state index contributed by atoms with van der Waals surface area (Å²) in [7, 11) is 0. The third-order valence-electron chi connectivity index (χ3n) is 3.64. The Morgan fingerprint density at radius 1 is 1.42 bits per heavy atom. The van der Waals surface area contributed by atoms with E-state index in [1.165, 1.54) is 23.1 Å². The molecule has 0 fully saturated rings. The first-order chi connectivity index (χ1) is 11.5. The molecule has 0 radical (unpaired) electrons. The van der Waals surface area contributed by atoms with Gasteiger partial charge in [-0.25, -0.2) is 19.2 Å². The molecule has 1 atom stereocenters. The van der Waals surface area contributed by atoms with Crippen molar-refractivity contribution in [1.82, 2.24) is 20.2 Å². The van der Waals surface area contributed by atoms with Crippen LogP contribution in [-0.4, -0.2) is 33.4 Å². The average Bonchev–Trinajstić information content (AvgIpc) is 2.56. The van der Waals surface area contributed by atoms with E-state index >= 15 is 0 Å². The normalized spacial score (nSPS) is 14.6. The van der Waals surface area contributed by atoms with E-state index in [1.807, 2.05) is 0 Å². The van der Waals surface area contributed by atoms with Crippen LogP contribution in [0.3, 0.4) is 0 Å². The van der Waals surface area contributed by atoms with Crippen molar-refractivity contribution in [3.63, 3.8) is 0 Å². The monoisotopic (exact) mass is 329 g/mol. The number of rotatable bonds is 4. The molecule has 24 heavy (non-hydrogen) atoms. The highest BCUT2D eigenvalue weighted by atomic mass is 19.1. The first-order valence-electron chi connectivity index (χ1n) is 7.43. The summed E-state index contributed by atoms with van der Waals surface area (Å²) in [5.74, 6) is -0.240. The van der Waals surface area contributed by atoms with Crippen molar-refractivity contribution in [2.75, 3.05) is 11.9 Å². The summed E-state index contributed by atoms with van der Waals surface area (Å²) in [5, 5.41) is 5.38. The van der Waals surface area contributed by atoms with Gasteiger partial charge in [0.25, 0.3) is 0 Å². The number of carbonyl (C=O) groups is 2. The van der Waals surface area contributed by atoms with Crippen molar-refractivity contribution in [3.05, 3.63) is 53.9 Å². The molecular formula is C16H16FN5O2. The summed E-state index contributed by atoms with van der Waals surface area (Å²) in [4.78, 5) is 33.7. The molecule has 0 spiro atoms. The topological polar surface area (TPSA) is 87.2 Å². The highest BCUT2D eigenvalue weighted by molar-refractivity contribution is 5.94. The molecule has 1 aromatic heterocycles. The van der Waals surface area contributed by atoms with E-state index in [9.17, 15) is 14.0 Å². The van der Waals surface area contributed by atoms with Gasteiger partial charge in [-0.1, -0.05) is 0 Å². The van der Waals surface area contributed by atoms with Crippen LogP contribution in [0.25, 0.3) is 0 Å². The SMILES string of the molecule is C[C@H](NC(=O)CN1Cc2cc(F)ccc2NC1=O)c1ncccn1. The fourth-order valence-corrected chi connectivity index (χ4v) is 2.47. The first-order valence-corrected chi connectivity index (χ1v) is 7.43. The van der Waals surface area contributed by atoms with E-state index in [2.05, 4.69) is 20.6 Å². The highest BCUT2D eigenvalue weighted by Gasteiger charge is 2.25. The van der Waals surface area contributed by atoms with Gasteiger partial charge in [0.15, 0.2) is 0 Å². The van der Waals surface area contributed by atoms with Gasteiger partial charge in [0.1, 0.15) is 18.2 Å². The molecule has 2 heterocycles. The fraction of sp³-hybridized carbons (Fsp3) is 0.250. The minimum absolute atomic E-state index is 0.140. The van der Waals surface area contributed by atoms with Crippen molar-refractivity contribution in [1.29, 1.82) is 0 Å². The molecular weight excluding hydrogens is 313 g/mol. The van der Waals surface area contributed by atoms with Crippen molar-refractivity contribution in [2.24, 2.45) is 0 Å². The average molecular weight is 329 g/mol. The summed E-state index contributed by atoms with van der Waals surface area (Å²) < 4.78 is 13.3. The van der Waals surface area contributed by atoms with Gasteiger partial charge in [-0.2, -0.15) is 0 Å². The molecule has 0 bridgehead atoms. The zero-order valence-corrected chi connectivity index (χ0v) is 13.0. The molecule has 0 saturated carbocycles. The number of aromatic nitrogens is 2. The van der Waals surface area contributed by atoms with Gasteiger partial charge in [0.05, 0.1) is 12.6 Å². The molecule has 124 valence electrons. The number of fused-ring (bicyclic) bond motifs is 1. The third-order valence-corrected chi connectivity index (χ3v) is 3.64. The molecule has 7 nitrogen and oxygen atoms in total. The number of hydrogen-bond acceptors (Lipinski definition) is 4. The summed E-state index contributed by atoms with van der Waals surface area (Å²) in [6.07, 6.45) is 3.18. The number of anilines is 1. The number of urea groups is 1. The summed E-state index contributed by atoms with van der Waals surface area (Å²) in [5.41, 5.74) is 1.19. The summed E-state index contributed by atoms with van der Waals surface area (Å²) in [6, 6.07) is 5.05. The molecule has 0 aliphatic carbocycles. The van der Waals surface area contributed by atoms with Crippen molar-refractivity contribution in [2.45, 2.75) is 19.5 Å². The maximum atomic E-state index is 13.3. The molecule has 2 N–H and O–H groups in total. The van der Waals surface area contributed by atoms with Crippen LogP contribution in [-0.2, 0) is 11.3 Å². The van der Waals surface area contributed by atoms with Crippen molar-refractivity contribution >= 4 is 17.6 Å². The van der Waals surface area contributed by atoms with Crippen LogP contribution in [0.2, 0.25) is 0 Å². The molecule has 3 rings (SSSR count). The van der Waals surface area contributed by atoms with Crippen LogP contribution in [0.15, 0.2) is 36.7 Å². The first kappa shape index (κ1) is 15.9. The van der Waals surface area contributed by atoms with Gasteiger partial charge in [-0.3, -0.25) is 4.79 Å². The van der Waals surface area contributed by atoms with Crippen LogP contribution < -0.4 is 10.6 Å². The summed E-state index contributed by atoms with van der Waals surface area (Å²) >= 11 is 0. The number of nitrogens with zero attached hydrogens (tertiary/aromatic N) is 3. The smallest absolute Gasteiger partial charge is 0.322 e. The zero-order chi connectivity index (χ0) is 17.1. The lowest BCUT2D eigenvalue weighted by Gasteiger charge is -2.29. The Hall–Kier alpha value is -3.03. The predicted molar refractivity (Wildman–Crippen MR) is 84.4 cm³/mol. The Labute approximate surface area is 137 Å². The van der Waals surface area contributed by atoms with E-state index in [1.54, 1.807) is 25.4 Å².